The lowest BCUT2D eigenvalue weighted by molar-refractivity contribution is 0.391. The fourth-order valence-corrected chi connectivity index (χ4v) is 4.39. The Morgan fingerprint density at radius 2 is 1.58 bits per heavy atom. The Balaban J connectivity index is 1.41. The normalized spacial score (nSPS) is 18.9. The average Bonchev–Trinajstić information content (AvgIpc) is 3.19. The fraction of sp³-hybridized carbons (Fsp3) is 0.250. The average molecular weight is 433 g/mol. The molecular weight excluding hydrogens is 408 g/mol. The van der Waals surface area contributed by atoms with Crippen LogP contribution >= 0.6 is 11.6 Å². The quantitative estimate of drug-likeness (QED) is 0.403. The van der Waals surface area contributed by atoms with Crippen LogP contribution < -0.4 is 16.8 Å². The van der Waals surface area contributed by atoms with Crippen LogP contribution in [0.4, 0.5) is 17.2 Å². The van der Waals surface area contributed by atoms with Crippen molar-refractivity contribution in [2.75, 3.05) is 11.1 Å². The maximum absolute atomic E-state index is 6.07. The minimum absolute atomic E-state index is 0.315. The number of nitrogens with one attached hydrogen (secondary N) is 1. The SMILES string of the molecule is Nc1cc(Nc2ccc(-c3ccc(Cl)cc3)cc2)c2nc(C3CCC(N)CC3)cn2n1. The molecule has 2 heterocycles. The highest BCUT2D eigenvalue weighted by Gasteiger charge is 2.23. The van der Waals surface area contributed by atoms with Gasteiger partial charge in [-0.1, -0.05) is 35.9 Å². The van der Waals surface area contributed by atoms with Crippen LogP contribution in [0, 0.1) is 0 Å². The van der Waals surface area contributed by atoms with E-state index in [1.165, 1.54) is 0 Å². The van der Waals surface area contributed by atoms with E-state index < -0.39 is 0 Å². The van der Waals surface area contributed by atoms with Gasteiger partial charge in [-0.2, -0.15) is 0 Å². The maximum atomic E-state index is 6.07. The van der Waals surface area contributed by atoms with Gasteiger partial charge in [-0.25, -0.2) is 9.50 Å². The lowest BCUT2D eigenvalue weighted by Gasteiger charge is -2.24. The molecule has 0 amide bonds. The number of halogens is 1. The van der Waals surface area contributed by atoms with E-state index in [0.717, 1.165) is 64.5 Å². The summed E-state index contributed by atoms with van der Waals surface area (Å²) in [7, 11) is 0. The van der Waals surface area contributed by atoms with Crippen LogP contribution in [0.3, 0.4) is 0 Å². The maximum Gasteiger partial charge on any atom is 0.177 e. The van der Waals surface area contributed by atoms with Crippen molar-refractivity contribution in [3.8, 4) is 11.1 Å². The highest BCUT2D eigenvalue weighted by Crippen LogP contribution is 2.33. The number of rotatable bonds is 4. The number of hydrogen-bond acceptors (Lipinski definition) is 5. The number of aromatic nitrogens is 3. The summed E-state index contributed by atoms with van der Waals surface area (Å²) in [4.78, 5) is 4.90. The second-order valence-corrected chi connectivity index (χ2v) is 8.67. The predicted molar refractivity (Wildman–Crippen MR) is 127 cm³/mol. The van der Waals surface area contributed by atoms with E-state index in [9.17, 15) is 0 Å². The zero-order valence-electron chi connectivity index (χ0n) is 17.1. The number of fused-ring (bicyclic) bond motifs is 1. The van der Waals surface area contributed by atoms with E-state index in [0.29, 0.717) is 17.8 Å². The summed E-state index contributed by atoms with van der Waals surface area (Å²) in [6, 6.07) is 18.2. The van der Waals surface area contributed by atoms with E-state index in [1.54, 1.807) is 4.52 Å². The molecule has 1 fully saturated rings. The van der Waals surface area contributed by atoms with Crippen molar-refractivity contribution in [3.63, 3.8) is 0 Å². The zero-order valence-corrected chi connectivity index (χ0v) is 17.9. The molecule has 0 unspecified atom stereocenters. The minimum atomic E-state index is 0.315. The summed E-state index contributed by atoms with van der Waals surface area (Å²) in [5, 5.41) is 8.61. The molecule has 0 atom stereocenters. The van der Waals surface area contributed by atoms with E-state index in [2.05, 4.69) is 22.5 Å². The Labute approximate surface area is 186 Å². The first-order valence-electron chi connectivity index (χ1n) is 10.6. The molecule has 31 heavy (non-hydrogen) atoms. The van der Waals surface area contributed by atoms with Crippen LogP contribution in [0.1, 0.15) is 37.3 Å². The Kier molecular flexibility index (Phi) is 5.26. The third kappa shape index (κ3) is 4.22. The Bertz CT molecular complexity index is 1190. The van der Waals surface area contributed by atoms with Gasteiger partial charge in [0.05, 0.1) is 17.6 Å². The molecular formula is C24H25ClN6. The van der Waals surface area contributed by atoms with E-state index in [-0.39, 0.29) is 0 Å². The first-order chi connectivity index (χ1) is 15.0. The van der Waals surface area contributed by atoms with Gasteiger partial charge in [-0.15, -0.1) is 5.10 Å². The Morgan fingerprint density at radius 1 is 0.935 bits per heavy atom. The van der Waals surface area contributed by atoms with Gasteiger partial charge in [0.25, 0.3) is 0 Å². The molecule has 0 spiro atoms. The molecule has 5 rings (SSSR count). The van der Waals surface area contributed by atoms with Crippen LogP contribution in [-0.2, 0) is 0 Å². The Hall–Kier alpha value is -3.09. The highest BCUT2D eigenvalue weighted by atomic mass is 35.5. The molecule has 2 aromatic heterocycles. The molecule has 4 aromatic rings. The Morgan fingerprint density at radius 3 is 2.26 bits per heavy atom. The summed E-state index contributed by atoms with van der Waals surface area (Å²) in [5.74, 6) is 0.872. The molecule has 158 valence electrons. The van der Waals surface area contributed by atoms with Gasteiger partial charge in [0.15, 0.2) is 5.65 Å². The number of benzene rings is 2. The largest absolute Gasteiger partial charge is 0.382 e. The molecule has 1 aliphatic carbocycles. The van der Waals surface area contributed by atoms with Gasteiger partial charge in [0.1, 0.15) is 5.82 Å². The first-order valence-corrected chi connectivity index (χ1v) is 11.0. The van der Waals surface area contributed by atoms with Crippen LogP contribution in [-0.4, -0.2) is 20.6 Å². The highest BCUT2D eigenvalue weighted by molar-refractivity contribution is 6.30. The van der Waals surface area contributed by atoms with Gasteiger partial charge in [-0.3, -0.25) is 0 Å². The van der Waals surface area contributed by atoms with Crippen LogP contribution in [0.2, 0.25) is 5.02 Å². The first kappa shape index (κ1) is 19.8. The molecule has 1 aliphatic rings. The van der Waals surface area contributed by atoms with Crippen molar-refractivity contribution in [1.29, 1.82) is 0 Å². The molecule has 5 N–H and O–H groups in total. The summed E-state index contributed by atoms with van der Waals surface area (Å²) >= 11 is 5.99. The van der Waals surface area contributed by atoms with Crippen molar-refractivity contribution in [1.82, 2.24) is 14.6 Å². The molecule has 1 saturated carbocycles. The number of anilines is 3. The lowest BCUT2D eigenvalue weighted by Crippen LogP contribution is -2.25. The third-order valence-electron chi connectivity index (χ3n) is 5.99. The van der Waals surface area contributed by atoms with E-state index >= 15 is 0 Å². The second-order valence-electron chi connectivity index (χ2n) is 8.24. The fourth-order valence-electron chi connectivity index (χ4n) is 4.26. The minimum Gasteiger partial charge on any atom is -0.382 e. The number of nitrogens with two attached hydrogens (primary N) is 2. The van der Waals surface area contributed by atoms with Crippen molar-refractivity contribution in [2.45, 2.75) is 37.6 Å². The summed E-state index contributed by atoms with van der Waals surface area (Å²) < 4.78 is 1.78. The monoisotopic (exact) mass is 432 g/mol. The van der Waals surface area contributed by atoms with Gasteiger partial charge in [-0.05, 0) is 61.1 Å². The zero-order chi connectivity index (χ0) is 21.4. The van der Waals surface area contributed by atoms with Crippen LogP contribution in [0.5, 0.6) is 0 Å². The van der Waals surface area contributed by atoms with Gasteiger partial charge in [0, 0.05) is 28.7 Å². The molecule has 0 saturated heterocycles. The molecule has 0 aliphatic heterocycles. The van der Waals surface area contributed by atoms with Crippen LogP contribution in [0.25, 0.3) is 16.8 Å². The van der Waals surface area contributed by atoms with Gasteiger partial charge >= 0.3 is 0 Å². The van der Waals surface area contributed by atoms with Crippen molar-refractivity contribution < 1.29 is 0 Å². The number of nitrogen functional groups attached to an aromatic ring is 1. The van der Waals surface area contributed by atoms with Crippen LogP contribution in [0.15, 0.2) is 60.8 Å². The molecule has 7 heteroatoms. The van der Waals surface area contributed by atoms with Gasteiger partial charge < -0.3 is 16.8 Å². The van der Waals surface area contributed by atoms with Gasteiger partial charge in [0.2, 0.25) is 0 Å². The third-order valence-corrected chi connectivity index (χ3v) is 6.25. The lowest BCUT2D eigenvalue weighted by atomic mass is 9.85. The summed E-state index contributed by atoms with van der Waals surface area (Å²) in [6.45, 7) is 0. The summed E-state index contributed by atoms with van der Waals surface area (Å²) in [5.41, 5.74) is 18.0. The van der Waals surface area contributed by atoms with Crippen molar-refractivity contribution in [3.05, 3.63) is 71.5 Å². The van der Waals surface area contributed by atoms with Crippen molar-refractivity contribution in [2.24, 2.45) is 5.73 Å². The number of nitrogens with zero attached hydrogens (tertiary/aromatic N) is 3. The summed E-state index contributed by atoms with van der Waals surface area (Å²) in [6.07, 6.45) is 6.21. The smallest absolute Gasteiger partial charge is 0.177 e. The van der Waals surface area contributed by atoms with Crippen molar-refractivity contribution >= 4 is 34.4 Å². The van der Waals surface area contributed by atoms with E-state index in [1.807, 2.05) is 48.7 Å². The molecule has 0 bridgehead atoms. The topological polar surface area (TPSA) is 94.3 Å². The van der Waals surface area contributed by atoms with E-state index in [4.69, 9.17) is 28.1 Å². The molecule has 2 aromatic carbocycles. The molecule has 6 nitrogen and oxygen atoms in total. The standard InChI is InChI=1S/C24H25ClN6/c25-18-7-1-15(2-8-18)16-5-11-20(12-6-16)28-21-13-23(27)30-31-14-22(29-24(21)31)17-3-9-19(26)10-4-17/h1-2,5-8,11-14,17,19,28H,3-4,9-10,26H2,(H2,27,30). The number of imidazole rings is 1. The number of hydrogen-bond donors (Lipinski definition) is 3. The molecule has 0 radical (unpaired) electrons. The second kappa shape index (κ2) is 8.21. The predicted octanol–water partition coefficient (Wildman–Crippen LogP) is 5.36.